The van der Waals surface area contributed by atoms with E-state index in [1.54, 1.807) is 22.8 Å². The average Bonchev–Trinajstić information content (AvgIpc) is 1.64. The molecular formula is C56H69N11O21S2. The summed E-state index contributed by atoms with van der Waals surface area (Å²) in [5.41, 5.74) is 6.66. The highest BCUT2D eigenvalue weighted by atomic mass is 32.3. The second kappa shape index (κ2) is 28.6. The molecule has 8 rings (SSSR count). The van der Waals surface area contributed by atoms with Gasteiger partial charge in [-0.1, -0.05) is 49.8 Å². The van der Waals surface area contributed by atoms with E-state index in [1.807, 2.05) is 24.3 Å². The molecule has 16 N–H and O–H groups in total. The van der Waals surface area contributed by atoms with Crippen molar-refractivity contribution in [2.24, 2.45) is 11.7 Å². The number of phenols is 1. The van der Waals surface area contributed by atoms with Crippen LogP contribution in [0.1, 0.15) is 74.9 Å². The van der Waals surface area contributed by atoms with Crippen LogP contribution in [0.5, 0.6) is 17.2 Å². The number of nitrogens with zero attached hydrogens (tertiary/aromatic N) is 5. The van der Waals surface area contributed by atoms with Crippen molar-refractivity contribution < 1.29 is 101 Å². The number of nitrogens with one attached hydrogen (secondary N) is 5. The van der Waals surface area contributed by atoms with Gasteiger partial charge in [-0.3, -0.25) is 42.9 Å². The van der Waals surface area contributed by atoms with Gasteiger partial charge in [-0.25, -0.2) is 9.50 Å². The summed E-state index contributed by atoms with van der Waals surface area (Å²) in [7, 11) is -5.34. The van der Waals surface area contributed by atoms with Crippen LogP contribution in [0.3, 0.4) is 0 Å². The molecule has 0 bridgehead atoms. The normalized spacial score (nSPS) is 25.5. The zero-order chi connectivity index (χ0) is 65.6. The Labute approximate surface area is 516 Å². The van der Waals surface area contributed by atoms with E-state index in [1.165, 1.54) is 30.4 Å². The first-order valence-electron chi connectivity index (χ1n) is 28.4. The van der Waals surface area contributed by atoms with E-state index in [2.05, 4.69) is 42.8 Å². The average molecular weight is 1300 g/mol. The number of amides is 8. The minimum absolute atomic E-state index is 0.0282. The molecular weight excluding hydrogens is 1230 g/mol. The zero-order valence-electron chi connectivity index (χ0n) is 48.4. The maximum absolute atomic E-state index is 14.7. The second-order valence-electron chi connectivity index (χ2n) is 22.1. The summed E-state index contributed by atoms with van der Waals surface area (Å²) in [6.07, 6.45) is -13.1. The largest absolute Gasteiger partial charge is 0.504 e. The van der Waals surface area contributed by atoms with E-state index in [0.717, 1.165) is 43.2 Å². The first kappa shape index (κ1) is 67.5. The molecule has 3 aliphatic heterocycles. The Morgan fingerprint density at radius 1 is 0.822 bits per heavy atom. The van der Waals surface area contributed by atoms with E-state index in [-0.39, 0.29) is 5.56 Å². The third-order valence-corrected chi connectivity index (χ3v) is 16.7. The fraction of sp³-hybridized carbons (Fsp3) is 0.464. The maximum Gasteiger partial charge on any atom is 0.446 e. The Morgan fingerprint density at radius 3 is 2.12 bits per heavy atom. The minimum Gasteiger partial charge on any atom is -0.504 e. The summed E-state index contributed by atoms with van der Waals surface area (Å²) >= 11 is 1.34. The number of unbranched alkanes of at least 4 members (excludes halogenated alkanes) is 1. The van der Waals surface area contributed by atoms with Gasteiger partial charge in [-0.2, -0.15) is 13.5 Å². The van der Waals surface area contributed by atoms with Crippen molar-refractivity contribution in [2.75, 3.05) is 26.2 Å². The van der Waals surface area contributed by atoms with Crippen molar-refractivity contribution in [3.63, 3.8) is 0 Å². The van der Waals surface area contributed by atoms with Gasteiger partial charge < -0.3 is 91.9 Å². The van der Waals surface area contributed by atoms with Crippen LogP contribution in [0.4, 0.5) is 0 Å². The quantitative estimate of drug-likeness (QED) is 0.0317. The summed E-state index contributed by atoms with van der Waals surface area (Å²) in [5.74, 6) is -12.4. The highest BCUT2D eigenvalue weighted by Gasteiger charge is 2.50. The van der Waals surface area contributed by atoms with Crippen molar-refractivity contribution in [1.82, 2.24) is 51.0 Å². The van der Waals surface area contributed by atoms with Crippen molar-refractivity contribution in [2.45, 2.75) is 132 Å². The number of hydrogen-bond donors (Lipinski definition) is 15. The Kier molecular flexibility index (Phi) is 21.4. The Morgan fingerprint density at radius 2 is 1.48 bits per heavy atom. The van der Waals surface area contributed by atoms with Gasteiger partial charge in [0.05, 0.1) is 55.4 Å². The lowest BCUT2D eigenvalue weighted by Gasteiger charge is -2.34. The number of fused-ring (bicyclic) bond motifs is 3. The molecule has 2 aromatic heterocycles. The van der Waals surface area contributed by atoms with Gasteiger partial charge >= 0.3 is 10.4 Å². The smallest absolute Gasteiger partial charge is 0.446 e. The number of ether oxygens (including phenoxy) is 1. The van der Waals surface area contributed by atoms with Crippen LogP contribution in [0.25, 0.3) is 26.8 Å². The van der Waals surface area contributed by atoms with Crippen LogP contribution in [-0.2, 0) is 44.0 Å². The van der Waals surface area contributed by atoms with Crippen molar-refractivity contribution in [3.8, 4) is 39.1 Å². The molecule has 90 heavy (non-hydrogen) atoms. The number of carbonyl (C=O) groups is 8. The lowest BCUT2D eigenvalue weighted by molar-refractivity contribution is -0.148. The molecule has 5 aromatic rings. The van der Waals surface area contributed by atoms with Crippen LogP contribution < -0.4 is 41.2 Å². The fourth-order valence-corrected chi connectivity index (χ4v) is 11.8. The highest BCUT2D eigenvalue weighted by Crippen LogP contribution is 2.34. The summed E-state index contributed by atoms with van der Waals surface area (Å²) in [4.78, 5) is 120. The van der Waals surface area contributed by atoms with E-state index in [9.17, 15) is 92.2 Å². The molecule has 14 atom stereocenters. The second-order valence-corrected chi connectivity index (χ2v) is 24.1. The molecule has 3 saturated heterocycles. The third-order valence-electron chi connectivity index (χ3n) is 15.3. The van der Waals surface area contributed by atoms with Gasteiger partial charge in [-0.15, -0.1) is 0 Å². The number of aromatic hydroxyl groups is 1. The van der Waals surface area contributed by atoms with E-state index < -0.39 is 199 Å². The maximum atomic E-state index is 14.7. The number of imidazole rings is 1. The lowest BCUT2D eigenvalue weighted by atomic mass is 9.96. The SMILES string of the molecule is CCCCOc1ccc(-c2nn3cc(-c4ccc(C(=O)N[C@H]5C[C@@H](O)CNC(=O)C6[C@@H](O)[C@@H](C)CN6C(=O)C([C@H](O)CC(N)=O)NC(=O)C([C@H](O)[C@@H](O)c6ccc(O)c(OS(=O)(=O)O)c6)NC(=O)C6C[C@@H](O)CN6C(=O)C([C@H](C)O)NC5=O)cc4)nc3s2)cc1. The zero-order valence-corrected chi connectivity index (χ0v) is 50.1. The summed E-state index contributed by atoms with van der Waals surface area (Å²) < 4.78 is 44.1. The number of rotatable bonds is 17. The van der Waals surface area contributed by atoms with Gasteiger partial charge in [-0.05, 0) is 67.4 Å². The highest BCUT2D eigenvalue weighted by molar-refractivity contribution is 7.81. The summed E-state index contributed by atoms with van der Waals surface area (Å²) in [5, 5.41) is 107. The van der Waals surface area contributed by atoms with Crippen LogP contribution in [0.2, 0.25) is 0 Å². The number of primary amides is 1. The van der Waals surface area contributed by atoms with E-state index in [4.69, 9.17) is 15.5 Å². The van der Waals surface area contributed by atoms with Gasteiger partial charge in [0.2, 0.25) is 46.3 Å². The topological polar surface area (TPSA) is 494 Å². The van der Waals surface area contributed by atoms with E-state index in [0.29, 0.717) is 43.7 Å². The molecule has 3 aliphatic rings. The number of hydrogen-bond acceptors (Lipinski definition) is 23. The van der Waals surface area contributed by atoms with Gasteiger partial charge in [0, 0.05) is 55.1 Å². The van der Waals surface area contributed by atoms with Gasteiger partial charge in [0.1, 0.15) is 59.2 Å². The third kappa shape index (κ3) is 15.9. The fourth-order valence-electron chi connectivity index (χ4n) is 10.5. The predicted octanol–water partition coefficient (Wildman–Crippen LogP) is -3.49. The number of aliphatic hydroxyl groups excluding tert-OH is 7. The Hall–Kier alpha value is -8.45. The molecule has 0 saturated carbocycles. The van der Waals surface area contributed by atoms with E-state index >= 15 is 0 Å². The van der Waals surface area contributed by atoms with Crippen LogP contribution in [-0.4, -0.2) is 225 Å². The molecule has 34 heteroatoms. The monoisotopic (exact) mass is 1300 g/mol. The first-order chi connectivity index (χ1) is 42.5. The standard InChI is InChI=1S/C56H69N11O21S2/c1-4-5-16-87-33-13-10-29(11-14-33)53-64-67-24-35(60-56(67)89-53)27-6-8-28(9-7-27)48(77)59-34-18-31(69)21-58-52(81)44-45(74)25(2)22-66(44)55(83)42(38(72)20-40(57)73)62-51(80)43(47(76)46(75)30-12-15-37(71)39(17-30)88-90(84,85)86)63-50(79)36-19-32(70)23-65(36)54(82)41(26(3)68)61-49(34)78/h6-15,17,24-26,31-32,34,36,38,41-47,68-72,74-76H,4-5,16,18-23H2,1-3H3,(H2,57,73)(H,58,81)(H,59,77)(H,61,78)(H,62,80)(H,63,79)(H,84,85,86)/t25-,26-,31+,32+,34-,36?,38+,41?,42?,43?,44?,45-,46-,47-/m0/s1. The van der Waals surface area contributed by atoms with Crippen molar-refractivity contribution in [3.05, 3.63) is 84.1 Å². The molecule has 0 radical (unpaired) electrons. The van der Waals surface area contributed by atoms with Crippen LogP contribution in [0.15, 0.2) is 72.9 Å². The number of β-amino-alcohol motifs (C(OH)–C–C–N with tert-alkyl or cyclic N) is 1. The molecule has 0 spiro atoms. The molecule has 3 fully saturated rings. The number of nitrogens with two attached hydrogens (primary N) is 1. The molecule has 32 nitrogen and oxygen atoms in total. The van der Waals surface area contributed by atoms with Crippen LogP contribution >= 0.6 is 11.3 Å². The Bertz CT molecular complexity index is 3560. The number of aromatic nitrogens is 3. The molecule has 486 valence electrons. The minimum atomic E-state index is -5.34. The van der Waals surface area contributed by atoms with Gasteiger partial charge in [0.15, 0.2) is 11.5 Å². The number of phenolic OH excluding ortho intramolecular Hbond substituents is 1. The number of aliphatic hydroxyl groups is 7. The molecule has 5 heterocycles. The van der Waals surface area contributed by atoms with Gasteiger partial charge in [0.25, 0.3) is 5.91 Å². The number of benzene rings is 3. The summed E-state index contributed by atoms with van der Waals surface area (Å²) in [6, 6.07) is 3.13. The molecule has 0 aliphatic carbocycles. The van der Waals surface area contributed by atoms with Crippen molar-refractivity contribution in [1.29, 1.82) is 0 Å². The predicted molar refractivity (Wildman–Crippen MR) is 312 cm³/mol. The molecule has 3 aromatic carbocycles. The molecule has 5 unspecified atom stereocenters. The Balaban J connectivity index is 1.10. The van der Waals surface area contributed by atoms with Crippen LogP contribution in [0, 0.1) is 5.92 Å². The summed E-state index contributed by atoms with van der Waals surface area (Å²) in [6.45, 7) is 3.22. The lowest BCUT2D eigenvalue weighted by Crippen LogP contribution is -2.64. The first-order valence-corrected chi connectivity index (χ1v) is 30.6. The molecule has 8 amide bonds. The number of carbonyl (C=O) groups excluding carboxylic acids is 8. The van der Waals surface area contributed by atoms with Crippen molar-refractivity contribution >= 4 is 74.0 Å².